The Kier molecular flexibility index (Phi) is 11.6. The minimum absolute atomic E-state index is 0.175. The molecule has 0 bridgehead atoms. The molecule has 1 aromatic heterocycles. The van der Waals surface area contributed by atoms with E-state index in [4.69, 9.17) is 14.2 Å². The van der Waals surface area contributed by atoms with E-state index in [0.717, 1.165) is 25.0 Å². The van der Waals surface area contributed by atoms with Crippen LogP contribution in [0.3, 0.4) is 0 Å². The van der Waals surface area contributed by atoms with Gasteiger partial charge in [-0.2, -0.15) is 0 Å². The summed E-state index contributed by atoms with van der Waals surface area (Å²) in [6.45, 7) is 5.86. The van der Waals surface area contributed by atoms with Crippen molar-refractivity contribution in [1.82, 2.24) is 4.98 Å². The van der Waals surface area contributed by atoms with Crippen LogP contribution < -0.4 is 9.47 Å². The Bertz CT molecular complexity index is 900. The standard InChI is InChI=1S/C28H39NO5/c1-28(2,3)34-27(31)19-17-25-26(18-14-23(21-30)29-25)33-20-10-8-6-5-7-9-11-22-12-15-24(32-4)16-13-22/h12-19,30H,5-11,20-21H2,1-4H3/b19-17+. The molecule has 0 amide bonds. The Morgan fingerprint density at radius 2 is 1.65 bits per heavy atom. The molecule has 0 fully saturated rings. The van der Waals surface area contributed by atoms with Crippen molar-refractivity contribution in [2.45, 2.75) is 77.9 Å². The lowest BCUT2D eigenvalue weighted by molar-refractivity contribution is -0.148. The van der Waals surface area contributed by atoms with Crippen LogP contribution in [0.1, 0.15) is 76.2 Å². The molecule has 0 aliphatic carbocycles. The number of esters is 1. The summed E-state index contributed by atoms with van der Waals surface area (Å²) >= 11 is 0. The molecule has 0 atom stereocenters. The number of aryl methyl sites for hydroxylation is 1. The molecule has 186 valence electrons. The highest BCUT2D eigenvalue weighted by atomic mass is 16.6. The number of unbranched alkanes of at least 4 members (excludes halogenated alkanes) is 5. The monoisotopic (exact) mass is 469 g/mol. The van der Waals surface area contributed by atoms with Gasteiger partial charge < -0.3 is 19.3 Å². The number of ether oxygens (including phenoxy) is 3. The molecule has 0 saturated carbocycles. The Labute approximate surface area is 204 Å². The van der Waals surface area contributed by atoms with Crippen LogP contribution in [0.4, 0.5) is 0 Å². The lowest BCUT2D eigenvalue weighted by atomic mass is 10.0. The highest BCUT2D eigenvalue weighted by Gasteiger charge is 2.14. The van der Waals surface area contributed by atoms with E-state index < -0.39 is 11.6 Å². The summed E-state index contributed by atoms with van der Waals surface area (Å²) in [5.74, 6) is 1.05. The first-order valence-electron chi connectivity index (χ1n) is 12.1. The van der Waals surface area contributed by atoms with Crippen LogP contribution in [0.2, 0.25) is 0 Å². The van der Waals surface area contributed by atoms with Crippen molar-refractivity contribution < 1.29 is 24.1 Å². The van der Waals surface area contributed by atoms with Gasteiger partial charge in [0.15, 0.2) is 0 Å². The maximum Gasteiger partial charge on any atom is 0.331 e. The molecule has 1 aromatic carbocycles. The number of nitrogens with zero attached hydrogens (tertiary/aromatic N) is 1. The number of carbonyl (C=O) groups excluding carboxylic acids is 1. The number of hydrogen-bond donors (Lipinski definition) is 1. The third kappa shape index (κ3) is 10.8. The number of rotatable bonds is 14. The number of pyridine rings is 1. The Morgan fingerprint density at radius 1 is 0.971 bits per heavy atom. The Balaban J connectivity index is 1.68. The second-order valence-electron chi connectivity index (χ2n) is 9.28. The lowest BCUT2D eigenvalue weighted by Crippen LogP contribution is -2.22. The SMILES string of the molecule is COc1ccc(CCCCCCCCOc2ccc(CO)nc2/C=C/C(=O)OC(C)(C)C)cc1. The summed E-state index contributed by atoms with van der Waals surface area (Å²) < 4.78 is 16.4. The van der Waals surface area contributed by atoms with Crippen molar-refractivity contribution in [3.05, 3.63) is 59.4 Å². The van der Waals surface area contributed by atoms with Gasteiger partial charge in [0.25, 0.3) is 0 Å². The molecular formula is C28H39NO5. The van der Waals surface area contributed by atoms with E-state index in [-0.39, 0.29) is 6.61 Å². The number of aliphatic hydroxyl groups excluding tert-OH is 1. The van der Waals surface area contributed by atoms with E-state index in [1.807, 2.05) is 32.9 Å². The first kappa shape index (κ1) is 27.4. The summed E-state index contributed by atoms with van der Waals surface area (Å²) in [6.07, 6.45) is 10.9. The minimum atomic E-state index is -0.559. The topological polar surface area (TPSA) is 77.9 Å². The van der Waals surface area contributed by atoms with Gasteiger partial charge in [-0.15, -0.1) is 0 Å². The molecular weight excluding hydrogens is 430 g/mol. The van der Waals surface area contributed by atoms with Gasteiger partial charge in [-0.05, 0) is 75.9 Å². The first-order valence-corrected chi connectivity index (χ1v) is 12.1. The van der Waals surface area contributed by atoms with E-state index >= 15 is 0 Å². The van der Waals surface area contributed by atoms with Crippen molar-refractivity contribution in [2.24, 2.45) is 0 Å². The second-order valence-corrected chi connectivity index (χ2v) is 9.28. The van der Waals surface area contributed by atoms with Crippen LogP contribution in [0.5, 0.6) is 11.5 Å². The van der Waals surface area contributed by atoms with Gasteiger partial charge in [-0.3, -0.25) is 0 Å². The highest BCUT2D eigenvalue weighted by Crippen LogP contribution is 2.20. The summed E-state index contributed by atoms with van der Waals surface area (Å²) in [5.41, 5.74) is 1.82. The number of benzene rings is 1. The summed E-state index contributed by atoms with van der Waals surface area (Å²) in [5, 5.41) is 9.38. The van der Waals surface area contributed by atoms with Crippen molar-refractivity contribution in [3.8, 4) is 11.5 Å². The molecule has 6 nitrogen and oxygen atoms in total. The van der Waals surface area contributed by atoms with Crippen LogP contribution in [-0.4, -0.2) is 35.4 Å². The third-order valence-electron chi connectivity index (χ3n) is 5.17. The van der Waals surface area contributed by atoms with E-state index in [9.17, 15) is 9.90 Å². The Hall–Kier alpha value is -2.86. The fraction of sp³-hybridized carbons (Fsp3) is 0.500. The molecule has 1 heterocycles. The highest BCUT2D eigenvalue weighted by molar-refractivity contribution is 5.87. The molecule has 34 heavy (non-hydrogen) atoms. The zero-order valence-electron chi connectivity index (χ0n) is 21.0. The van der Waals surface area contributed by atoms with Crippen molar-refractivity contribution in [2.75, 3.05) is 13.7 Å². The van der Waals surface area contributed by atoms with Gasteiger partial charge in [0, 0.05) is 6.08 Å². The number of hydrogen-bond acceptors (Lipinski definition) is 6. The fourth-order valence-electron chi connectivity index (χ4n) is 3.43. The molecule has 0 saturated heterocycles. The van der Waals surface area contributed by atoms with Gasteiger partial charge in [0.05, 0.1) is 26.0 Å². The van der Waals surface area contributed by atoms with Crippen LogP contribution in [-0.2, 0) is 22.6 Å². The third-order valence-corrected chi connectivity index (χ3v) is 5.17. The average molecular weight is 470 g/mol. The summed E-state index contributed by atoms with van der Waals surface area (Å²) in [4.78, 5) is 16.3. The zero-order valence-corrected chi connectivity index (χ0v) is 21.0. The van der Waals surface area contributed by atoms with Crippen LogP contribution >= 0.6 is 0 Å². The number of methoxy groups -OCH3 is 1. The molecule has 0 radical (unpaired) electrons. The van der Waals surface area contributed by atoms with Gasteiger partial charge in [-0.25, -0.2) is 9.78 Å². The molecule has 0 aliphatic heterocycles. The van der Waals surface area contributed by atoms with Gasteiger partial charge >= 0.3 is 5.97 Å². The molecule has 2 aromatic rings. The minimum Gasteiger partial charge on any atom is -0.497 e. The summed E-state index contributed by atoms with van der Waals surface area (Å²) in [7, 11) is 1.69. The van der Waals surface area contributed by atoms with Crippen molar-refractivity contribution >= 4 is 12.0 Å². The smallest absolute Gasteiger partial charge is 0.331 e. The quantitative estimate of drug-likeness (QED) is 0.211. The molecule has 0 spiro atoms. The first-order chi connectivity index (χ1) is 16.3. The van der Waals surface area contributed by atoms with Crippen molar-refractivity contribution in [1.29, 1.82) is 0 Å². The zero-order chi connectivity index (χ0) is 24.8. The molecule has 1 N–H and O–H groups in total. The maximum atomic E-state index is 12.0. The van der Waals surface area contributed by atoms with E-state index in [1.165, 1.54) is 37.3 Å². The normalized spacial score (nSPS) is 11.6. The maximum absolute atomic E-state index is 12.0. The van der Waals surface area contributed by atoms with Crippen LogP contribution in [0.15, 0.2) is 42.5 Å². The second kappa shape index (κ2) is 14.4. The summed E-state index contributed by atoms with van der Waals surface area (Å²) in [6, 6.07) is 11.8. The molecule has 0 aliphatic rings. The van der Waals surface area contributed by atoms with Gasteiger partial charge in [0.2, 0.25) is 0 Å². The largest absolute Gasteiger partial charge is 0.497 e. The van der Waals surface area contributed by atoms with E-state index in [2.05, 4.69) is 17.1 Å². The number of aromatic nitrogens is 1. The number of aliphatic hydroxyl groups is 1. The van der Waals surface area contributed by atoms with Crippen LogP contribution in [0.25, 0.3) is 6.08 Å². The predicted molar refractivity (Wildman–Crippen MR) is 135 cm³/mol. The van der Waals surface area contributed by atoms with Gasteiger partial charge in [0.1, 0.15) is 22.8 Å². The molecule has 2 rings (SSSR count). The van der Waals surface area contributed by atoms with E-state index in [0.29, 0.717) is 23.7 Å². The van der Waals surface area contributed by atoms with Gasteiger partial charge in [-0.1, -0.05) is 37.8 Å². The molecule has 6 heteroatoms. The lowest BCUT2D eigenvalue weighted by Gasteiger charge is -2.18. The van der Waals surface area contributed by atoms with E-state index in [1.54, 1.807) is 25.3 Å². The molecule has 0 unspecified atom stereocenters. The fourth-order valence-corrected chi connectivity index (χ4v) is 3.43. The number of carbonyl (C=O) groups is 1. The predicted octanol–water partition coefficient (Wildman–Crippen LogP) is 5.90. The average Bonchev–Trinajstić information content (AvgIpc) is 2.81. The van der Waals surface area contributed by atoms with Crippen molar-refractivity contribution in [3.63, 3.8) is 0 Å². The van der Waals surface area contributed by atoms with Crippen LogP contribution in [0, 0.1) is 0 Å². The Morgan fingerprint density at radius 3 is 2.29 bits per heavy atom.